The number of hydrogen-bond acceptors (Lipinski definition) is 2. The number of amides is 2. The van der Waals surface area contributed by atoms with Crippen molar-refractivity contribution in [1.82, 2.24) is 10.2 Å². The van der Waals surface area contributed by atoms with Gasteiger partial charge in [-0.15, -0.1) is 0 Å². The largest absolute Gasteiger partial charge is 0.335 e. The van der Waals surface area contributed by atoms with Crippen LogP contribution in [0.3, 0.4) is 0 Å². The van der Waals surface area contributed by atoms with E-state index in [1.165, 1.54) is 6.42 Å². The second-order valence-corrected chi connectivity index (χ2v) is 3.44. The Morgan fingerprint density at radius 2 is 2.00 bits per heavy atom. The molecule has 4 heteroatoms. The first-order chi connectivity index (χ1) is 6.84. The van der Waals surface area contributed by atoms with Crippen LogP contribution >= 0.6 is 0 Å². The third-order valence-corrected chi connectivity index (χ3v) is 2.32. The van der Waals surface area contributed by atoms with Crippen LogP contribution in [-0.4, -0.2) is 37.1 Å². The Balaban J connectivity index is 2.16. The van der Waals surface area contributed by atoms with Gasteiger partial charge in [0.05, 0.1) is 0 Å². The normalized spacial score (nSPS) is 17.4. The molecule has 1 saturated heterocycles. The molecule has 1 heterocycles. The fourth-order valence-electron chi connectivity index (χ4n) is 1.53. The zero-order valence-electron chi connectivity index (χ0n) is 8.54. The van der Waals surface area contributed by atoms with Crippen LogP contribution in [0.1, 0.15) is 19.3 Å². The second kappa shape index (κ2) is 6.43. The fraction of sp³-hybridized carbons (Fsp3) is 0.700. The van der Waals surface area contributed by atoms with Crippen molar-refractivity contribution >= 4 is 6.03 Å². The van der Waals surface area contributed by atoms with E-state index in [2.05, 4.69) is 5.32 Å². The Hall–Kier alpha value is -1.03. The van der Waals surface area contributed by atoms with Gasteiger partial charge in [0.2, 0.25) is 0 Å². The predicted molar refractivity (Wildman–Crippen MR) is 57.0 cm³/mol. The van der Waals surface area contributed by atoms with Crippen molar-refractivity contribution in [3.8, 4) is 0 Å². The summed E-state index contributed by atoms with van der Waals surface area (Å²) < 4.78 is 0. The van der Waals surface area contributed by atoms with Gasteiger partial charge in [0, 0.05) is 26.2 Å². The monoisotopic (exact) mass is 197 g/mol. The fourth-order valence-corrected chi connectivity index (χ4v) is 1.53. The lowest BCUT2D eigenvalue weighted by atomic mass is 10.1. The first kappa shape index (κ1) is 11.0. The van der Waals surface area contributed by atoms with Crippen molar-refractivity contribution in [3.05, 3.63) is 12.2 Å². The number of hydrogen-bond donors (Lipinski definition) is 2. The zero-order valence-corrected chi connectivity index (χ0v) is 8.54. The van der Waals surface area contributed by atoms with Crippen LogP contribution < -0.4 is 11.1 Å². The number of carbonyl (C=O) groups excluding carboxylic acids is 1. The summed E-state index contributed by atoms with van der Waals surface area (Å²) >= 11 is 0. The van der Waals surface area contributed by atoms with Gasteiger partial charge in [-0.2, -0.15) is 0 Å². The zero-order chi connectivity index (χ0) is 10.2. The van der Waals surface area contributed by atoms with E-state index in [9.17, 15) is 4.79 Å². The number of piperidine rings is 1. The quantitative estimate of drug-likeness (QED) is 0.654. The van der Waals surface area contributed by atoms with Gasteiger partial charge in [0.1, 0.15) is 0 Å². The maximum Gasteiger partial charge on any atom is 0.317 e. The molecule has 0 aromatic rings. The Morgan fingerprint density at radius 1 is 1.29 bits per heavy atom. The highest BCUT2D eigenvalue weighted by Crippen LogP contribution is 2.07. The predicted octanol–water partition coefficient (Wildman–Crippen LogP) is 0.697. The molecule has 0 aromatic heterocycles. The van der Waals surface area contributed by atoms with E-state index in [1.807, 2.05) is 17.1 Å². The Morgan fingerprint density at radius 3 is 2.64 bits per heavy atom. The molecular formula is C10H19N3O. The molecule has 2 amide bonds. The molecule has 0 atom stereocenters. The summed E-state index contributed by atoms with van der Waals surface area (Å²) in [5, 5.41) is 2.83. The first-order valence-electron chi connectivity index (χ1n) is 5.22. The number of nitrogens with one attached hydrogen (secondary N) is 1. The van der Waals surface area contributed by atoms with Crippen molar-refractivity contribution in [1.29, 1.82) is 0 Å². The average molecular weight is 197 g/mol. The molecule has 0 spiro atoms. The maximum absolute atomic E-state index is 11.5. The summed E-state index contributed by atoms with van der Waals surface area (Å²) in [6.07, 6.45) is 7.23. The van der Waals surface area contributed by atoms with Gasteiger partial charge in [-0.1, -0.05) is 12.2 Å². The van der Waals surface area contributed by atoms with Crippen molar-refractivity contribution < 1.29 is 4.79 Å². The average Bonchev–Trinajstić information content (AvgIpc) is 2.25. The van der Waals surface area contributed by atoms with Crippen LogP contribution in [0.5, 0.6) is 0 Å². The number of carbonyl (C=O) groups is 1. The van der Waals surface area contributed by atoms with E-state index in [-0.39, 0.29) is 6.03 Å². The minimum Gasteiger partial charge on any atom is -0.335 e. The molecule has 1 rings (SSSR count). The van der Waals surface area contributed by atoms with E-state index >= 15 is 0 Å². The smallest absolute Gasteiger partial charge is 0.317 e. The van der Waals surface area contributed by atoms with Crippen LogP contribution in [0.4, 0.5) is 4.79 Å². The summed E-state index contributed by atoms with van der Waals surface area (Å²) in [4.78, 5) is 13.4. The highest BCUT2D eigenvalue weighted by Gasteiger charge is 2.14. The molecule has 14 heavy (non-hydrogen) atoms. The molecule has 0 aliphatic carbocycles. The Bertz CT molecular complexity index is 198. The Labute approximate surface area is 85.1 Å². The highest BCUT2D eigenvalue weighted by molar-refractivity contribution is 5.74. The van der Waals surface area contributed by atoms with E-state index in [0.717, 1.165) is 25.9 Å². The van der Waals surface area contributed by atoms with Gasteiger partial charge in [0.25, 0.3) is 0 Å². The van der Waals surface area contributed by atoms with Crippen molar-refractivity contribution in [2.75, 3.05) is 26.2 Å². The number of rotatable bonds is 3. The minimum atomic E-state index is 0.0476. The summed E-state index contributed by atoms with van der Waals surface area (Å²) in [7, 11) is 0. The van der Waals surface area contributed by atoms with E-state index in [4.69, 9.17) is 5.73 Å². The summed E-state index contributed by atoms with van der Waals surface area (Å²) in [5.41, 5.74) is 5.28. The Kier molecular flexibility index (Phi) is 5.07. The molecule has 0 radical (unpaired) electrons. The number of nitrogens with two attached hydrogens (primary N) is 1. The summed E-state index contributed by atoms with van der Waals surface area (Å²) in [6.45, 7) is 2.89. The van der Waals surface area contributed by atoms with E-state index < -0.39 is 0 Å². The van der Waals surface area contributed by atoms with Gasteiger partial charge in [-0.25, -0.2) is 4.79 Å². The first-order valence-corrected chi connectivity index (χ1v) is 5.22. The molecule has 0 bridgehead atoms. The molecule has 1 aliphatic heterocycles. The molecule has 80 valence electrons. The molecule has 4 nitrogen and oxygen atoms in total. The minimum absolute atomic E-state index is 0.0476. The molecule has 1 aliphatic rings. The van der Waals surface area contributed by atoms with E-state index in [1.54, 1.807) is 0 Å². The summed E-state index contributed by atoms with van der Waals surface area (Å²) in [6, 6.07) is 0.0476. The molecular weight excluding hydrogens is 178 g/mol. The SMILES string of the molecule is NC/C=C/CNC(=O)N1CCCCC1. The van der Waals surface area contributed by atoms with Crippen LogP contribution in [0, 0.1) is 0 Å². The standard InChI is InChI=1S/C10H19N3O/c11-6-2-3-7-12-10(14)13-8-4-1-5-9-13/h2-3H,1,4-9,11H2,(H,12,14)/b3-2+. The van der Waals surface area contributed by atoms with Gasteiger partial charge >= 0.3 is 6.03 Å². The van der Waals surface area contributed by atoms with Gasteiger partial charge in [-0.3, -0.25) is 0 Å². The molecule has 0 saturated carbocycles. The van der Waals surface area contributed by atoms with E-state index in [0.29, 0.717) is 13.1 Å². The molecule has 3 N–H and O–H groups in total. The van der Waals surface area contributed by atoms with Crippen LogP contribution in [0.15, 0.2) is 12.2 Å². The molecule has 0 unspecified atom stereocenters. The lowest BCUT2D eigenvalue weighted by Crippen LogP contribution is -2.42. The van der Waals surface area contributed by atoms with Gasteiger partial charge < -0.3 is 16.0 Å². The summed E-state index contributed by atoms with van der Waals surface area (Å²) in [5.74, 6) is 0. The highest BCUT2D eigenvalue weighted by atomic mass is 16.2. The van der Waals surface area contributed by atoms with Crippen LogP contribution in [-0.2, 0) is 0 Å². The lowest BCUT2D eigenvalue weighted by molar-refractivity contribution is 0.187. The number of nitrogens with zero attached hydrogens (tertiary/aromatic N) is 1. The second-order valence-electron chi connectivity index (χ2n) is 3.44. The van der Waals surface area contributed by atoms with Crippen LogP contribution in [0.25, 0.3) is 0 Å². The van der Waals surface area contributed by atoms with Crippen LogP contribution in [0.2, 0.25) is 0 Å². The third kappa shape index (κ3) is 3.79. The maximum atomic E-state index is 11.5. The van der Waals surface area contributed by atoms with Crippen molar-refractivity contribution in [2.24, 2.45) is 5.73 Å². The molecule has 0 aromatic carbocycles. The van der Waals surface area contributed by atoms with Gasteiger partial charge in [-0.05, 0) is 19.3 Å². The lowest BCUT2D eigenvalue weighted by Gasteiger charge is -2.26. The van der Waals surface area contributed by atoms with Crippen molar-refractivity contribution in [3.63, 3.8) is 0 Å². The number of urea groups is 1. The molecule has 1 fully saturated rings. The van der Waals surface area contributed by atoms with Crippen molar-refractivity contribution in [2.45, 2.75) is 19.3 Å². The third-order valence-electron chi connectivity index (χ3n) is 2.32. The topological polar surface area (TPSA) is 58.4 Å². The van der Waals surface area contributed by atoms with Gasteiger partial charge in [0.15, 0.2) is 0 Å². The number of likely N-dealkylation sites (tertiary alicyclic amines) is 1.